The first-order valence-corrected chi connectivity index (χ1v) is 10.6. The minimum Gasteiger partial charge on any atom is -0.355 e. The lowest BCUT2D eigenvalue weighted by atomic mass is 10.3. The van der Waals surface area contributed by atoms with E-state index >= 15 is 0 Å². The molecule has 26 heavy (non-hydrogen) atoms. The number of aromatic nitrogens is 3. The van der Waals surface area contributed by atoms with Gasteiger partial charge in [-0.2, -0.15) is 0 Å². The van der Waals surface area contributed by atoms with E-state index in [4.69, 9.17) is 0 Å². The second-order valence-corrected chi connectivity index (χ2v) is 7.79. The molecular weight excluding hydrogens is 364 g/mol. The minimum atomic E-state index is 0.0332. The van der Waals surface area contributed by atoms with Gasteiger partial charge in [-0.05, 0) is 30.0 Å². The maximum Gasteiger partial charge on any atom is 0.230 e. The molecule has 0 saturated heterocycles. The van der Waals surface area contributed by atoms with Gasteiger partial charge in [0.25, 0.3) is 0 Å². The number of nitrogens with zero attached hydrogens (tertiary/aromatic N) is 3. The number of carbonyl (C=O) groups is 1. The molecule has 1 N–H and O–H groups in total. The van der Waals surface area contributed by atoms with Crippen LogP contribution < -0.4 is 5.32 Å². The average Bonchev–Trinajstić information content (AvgIpc) is 3.31. The quantitative estimate of drug-likeness (QED) is 0.447. The zero-order valence-corrected chi connectivity index (χ0v) is 16.4. The highest BCUT2D eigenvalue weighted by Crippen LogP contribution is 2.24. The van der Waals surface area contributed by atoms with Crippen LogP contribution in [-0.2, 0) is 11.2 Å². The number of thioether (sulfide) groups is 1. The number of nitrogens with one attached hydrogen (secondary N) is 1. The molecule has 3 aromatic rings. The average molecular weight is 387 g/mol. The maximum atomic E-state index is 12.0. The second kappa shape index (κ2) is 9.54. The lowest BCUT2D eigenvalue weighted by molar-refractivity contribution is -0.118. The van der Waals surface area contributed by atoms with Crippen LogP contribution in [0, 0.1) is 0 Å². The predicted octanol–water partition coefficient (Wildman–Crippen LogP) is 3.93. The van der Waals surface area contributed by atoms with E-state index in [1.165, 1.54) is 16.6 Å². The summed E-state index contributed by atoms with van der Waals surface area (Å²) < 4.78 is 2.05. The first kappa shape index (κ1) is 18.7. The van der Waals surface area contributed by atoms with Crippen LogP contribution in [0.5, 0.6) is 0 Å². The number of hydrogen-bond donors (Lipinski definition) is 1. The Labute approximate surface area is 161 Å². The Balaban J connectivity index is 1.76. The Morgan fingerprint density at radius 2 is 2.04 bits per heavy atom. The molecule has 7 heteroatoms. The van der Waals surface area contributed by atoms with Crippen LogP contribution in [0.4, 0.5) is 0 Å². The molecule has 0 radical (unpaired) electrons. The predicted molar refractivity (Wildman–Crippen MR) is 107 cm³/mol. The van der Waals surface area contributed by atoms with Crippen molar-refractivity contribution in [2.45, 2.75) is 31.3 Å². The summed E-state index contributed by atoms with van der Waals surface area (Å²) in [5.41, 5.74) is 1.01. The normalized spacial score (nSPS) is 10.8. The molecule has 2 aromatic heterocycles. The molecule has 1 amide bonds. The Morgan fingerprint density at radius 1 is 1.19 bits per heavy atom. The second-order valence-electron chi connectivity index (χ2n) is 5.82. The van der Waals surface area contributed by atoms with E-state index < -0.39 is 0 Å². The van der Waals surface area contributed by atoms with Gasteiger partial charge < -0.3 is 5.32 Å². The summed E-state index contributed by atoms with van der Waals surface area (Å²) in [6, 6.07) is 14.2. The monoisotopic (exact) mass is 386 g/mol. The standard InChI is InChI=1S/C19H22N4OS2/c1-2-3-11-20-18(24)14-26-19-22-21-17(13-16-10-7-12-25-16)23(19)15-8-5-4-6-9-15/h4-10,12H,2-3,11,13-14H2,1H3,(H,20,24). The van der Waals surface area contributed by atoms with Crippen molar-refractivity contribution in [3.8, 4) is 5.69 Å². The van der Waals surface area contributed by atoms with E-state index in [0.29, 0.717) is 5.75 Å². The third-order valence-electron chi connectivity index (χ3n) is 3.81. The Bertz CT molecular complexity index is 815. The molecule has 0 aliphatic carbocycles. The van der Waals surface area contributed by atoms with Gasteiger partial charge >= 0.3 is 0 Å². The molecule has 0 bridgehead atoms. The molecule has 5 nitrogen and oxygen atoms in total. The van der Waals surface area contributed by atoms with Crippen molar-refractivity contribution < 1.29 is 4.79 Å². The summed E-state index contributed by atoms with van der Waals surface area (Å²) >= 11 is 3.13. The maximum absolute atomic E-state index is 12.0. The summed E-state index contributed by atoms with van der Waals surface area (Å²) in [6.07, 6.45) is 2.80. The van der Waals surface area contributed by atoms with E-state index in [1.54, 1.807) is 11.3 Å². The molecule has 3 rings (SSSR count). The number of rotatable bonds is 9. The van der Waals surface area contributed by atoms with Gasteiger partial charge in [-0.25, -0.2) is 0 Å². The van der Waals surface area contributed by atoms with Crippen molar-refractivity contribution in [1.82, 2.24) is 20.1 Å². The van der Waals surface area contributed by atoms with Crippen LogP contribution >= 0.6 is 23.1 Å². The number of benzene rings is 1. The van der Waals surface area contributed by atoms with Crippen LogP contribution in [0.2, 0.25) is 0 Å². The van der Waals surface area contributed by atoms with E-state index in [0.717, 1.165) is 42.5 Å². The summed E-state index contributed by atoms with van der Waals surface area (Å²) in [7, 11) is 0. The van der Waals surface area contributed by atoms with Crippen LogP contribution in [0.1, 0.15) is 30.5 Å². The van der Waals surface area contributed by atoms with E-state index in [-0.39, 0.29) is 5.91 Å². The fraction of sp³-hybridized carbons (Fsp3) is 0.316. The van der Waals surface area contributed by atoms with Gasteiger partial charge in [0.15, 0.2) is 5.16 Å². The topological polar surface area (TPSA) is 59.8 Å². The first-order valence-electron chi connectivity index (χ1n) is 8.69. The lowest BCUT2D eigenvalue weighted by Crippen LogP contribution is -2.26. The highest BCUT2D eigenvalue weighted by molar-refractivity contribution is 7.99. The van der Waals surface area contributed by atoms with Crippen molar-refractivity contribution in [2.75, 3.05) is 12.3 Å². The fourth-order valence-electron chi connectivity index (χ4n) is 2.50. The van der Waals surface area contributed by atoms with Crippen LogP contribution in [0.3, 0.4) is 0 Å². The van der Waals surface area contributed by atoms with Crippen molar-refractivity contribution in [1.29, 1.82) is 0 Å². The smallest absolute Gasteiger partial charge is 0.230 e. The van der Waals surface area contributed by atoms with E-state index in [2.05, 4.69) is 33.9 Å². The number of hydrogen-bond acceptors (Lipinski definition) is 5. The number of carbonyl (C=O) groups excluding carboxylic acids is 1. The minimum absolute atomic E-state index is 0.0332. The molecule has 0 spiro atoms. The fourth-order valence-corrected chi connectivity index (χ4v) is 4.00. The van der Waals surface area contributed by atoms with Crippen molar-refractivity contribution in [2.24, 2.45) is 0 Å². The van der Waals surface area contributed by atoms with Gasteiger partial charge in [0.1, 0.15) is 5.82 Å². The van der Waals surface area contributed by atoms with Crippen LogP contribution in [0.15, 0.2) is 53.0 Å². The lowest BCUT2D eigenvalue weighted by Gasteiger charge is -2.10. The molecule has 0 saturated carbocycles. The Kier molecular flexibility index (Phi) is 6.85. The van der Waals surface area contributed by atoms with Gasteiger partial charge in [0.2, 0.25) is 5.91 Å². The van der Waals surface area contributed by atoms with Crippen molar-refractivity contribution in [3.63, 3.8) is 0 Å². The van der Waals surface area contributed by atoms with Crippen LogP contribution in [-0.4, -0.2) is 33.0 Å². The van der Waals surface area contributed by atoms with Crippen molar-refractivity contribution >= 4 is 29.0 Å². The molecule has 0 atom stereocenters. The number of amides is 1. The van der Waals surface area contributed by atoms with Gasteiger partial charge in [-0.3, -0.25) is 9.36 Å². The summed E-state index contributed by atoms with van der Waals surface area (Å²) in [5, 5.41) is 14.5. The van der Waals surface area contributed by atoms with E-state index in [9.17, 15) is 4.79 Å². The highest BCUT2D eigenvalue weighted by Gasteiger charge is 2.16. The molecule has 0 aliphatic rings. The third-order valence-corrected chi connectivity index (χ3v) is 5.62. The van der Waals surface area contributed by atoms with E-state index in [1.807, 2.05) is 41.0 Å². The highest BCUT2D eigenvalue weighted by atomic mass is 32.2. The number of para-hydroxylation sites is 1. The van der Waals surface area contributed by atoms with Gasteiger partial charge in [-0.1, -0.05) is 49.4 Å². The Morgan fingerprint density at radius 3 is 2.77 bits per heavy atom. The summed E-state index contributed by atoms with van der Waals surface area (Å²) in [5.74, 6) is 1.26. The Hall–Kier alpha value is -2.12. The zero-order chi connectivity index (χ0) is 18.2. The first-order chi connectivity index (χ1) is 12.8. The molecule has 0 aliphatic heterocycles. The molecular formula is C19H22N4OS2. The summed E-state index contributed by atoms with van der Waals surface area (Å²) in [6.45, 7) is 2.84. The molecule has 2 heterocycles. The SMILES string of the molecule is CCCCNC(=O)CSc1nnc(Cc2cccs2)n1-c1ccccc1. The van der Waals surface area contributed by atoms with Crippen LogP contribution in [0.25, 0.3) is 5.69 Å². The van der Waals surface area contributed by atoms with Gasteiger partial charge in [0, 0.05) is 23.5 Å². The summed E-state index contributed by atoms with van der Waals surface area (Å²) in [4.78, 5) is 13.3. The molecule has 136 valence electrons. The number of unbranched alkanes of at least 4 members (excludes halogenated alkanes) is 1. The number of thiophene rings is 1. The largest absolute Gasteiger partial charge is 0.355 e. The molecule has 0 unspecified atom stereocenters. The molecule has 0 fully saturated rings. The van der Waals surface area contributed by atoms with Gasteiger partial charge in [-0.15, -0.1) is 21.5 Å². The molecule has 1 aromatic carbocycles. The zero-order valence-electron chi connectivity index (χ0n) is 14.7. The van der Waals surface area contributed by atoms with Crippen molar-refractivity contribution in [3.05, 3.63) is 58.5 Å². The van der Waals surface area contributed by atoms with Gasteiger partial charge in [0.05, 0.1) is 5.75 Å². The third kappa shape index (κ3) is 4.95.